The molecule has 0 bridgehead atoms. The van der Waals surface area contributed by atoms with E-state index in [-0.39, 0.29) is 0 Å². The summed E-state index contributed by atoms with van der Waals surface area (Å²) in [6.07, 6.45) is 0. The van der Waals surface area contributed by atoms with Gasteiger partial charge in [0, 0.05) is 31.7 Å². The number of nitrogens with zero attached hydrogens (tertiary/aromatic N) is 2. The highest BCUT2D eigenvalue weighted by molar-refractivity contribution is 7.80. The zero-order valence-electron chi connectivity index (χ0n) is 15.4. The van der Waals surface area contributed by atoms with Crippen molar-refractivity contribution >= 4 is 17.2 Å². The molecule has 4 rings (SSSR count). The number of hydrogen-bond donors (Lipinski definition) is 0. The minimum atomic E-state index is 0.292. The van der Waals surface area contributed by atoms with Crippen LogP contribution in [0.3, 0.4) is 0 Å². The van der Waals surface area contributed by atoms with E-state index in [4.69, 9.17) is 12.2 Å². The van der Waals surface area contributed by atoms with Crippen LogP contribution in [0.15, 0.2) is 91.0 Å². The average Bonchev–Trinajstić information content (AvgIpc) is 2.76. The molecule has 1 fully saturated rings. The number of hydrogen-bond acceptors (Lipinski definition) is 2. The van der Waals surface area contributed by atoms with E-state index in [1.807, 2.05) is 6.07 Å². The molecule has 0 amide bonds. The molecule has 3 aromatic carbocycles. The third-order valence-electron chi connectivity index (χ3n) is 5.22. The molecule has 136 valence electrons. The van der Waals surface area contributed by atoms with Crippen LogP contribution < -0.4 is 0 Å². The van der Waals surface area contributed by atoms with Crippen molar-refractivity contribution in [3.05, 3.63) is 108 Å². The SMILES string of the molecule is S=C(c1ccccc1)N1CCN(C(c2ccccc2)c2ccccc2)CC1. The molecule has 0 spiro atoms. The summed E-state index contributed by atoms with van der Waals surface area (Å²) in [5.41, 5.74) is 3.84. The van der Waals surface area contributed by atoms with Crippen LogP contribution in [0.1, 0.15) is 22.7 Å². The standard InChI is InChI=1S/C24H24N2S/c27-24(22-14-8-3-9-15-22)26-18-16-25(17-19-26)23(20-10-4-1-5-11-20)21-12-6-2-7-13-21/h1-15,23H,16-19H2. The first-order chi connectivity index (χ1) is 13.3. The molecule has 27 heavy (non-hydrogen) atoms. The maximum Gasteiger partial charge on any atom is 0.109 e. The third-order valence-corrected chi connectivity index (χ3v) is 5.71. The van der Waals surface area contributed by atoms with Gasteiger partial charge in [-0.15, -0.1) is 0 Å². The van der Waals surface area contributed by atoms with Crippen molar-refractivity contribution in [2.75, 3.05) is 26.2 Å². The van der Waals surface area contributed by atoms with Crippen LogP contribution in [0.4, 0.5) is 0 Å². The Bertz CT molecular complexity index is 817. The van der Waals surface area contributed by atoms with Gasteiger partial charge in [-0.05, 0) is 11.1 Å². The van der Waals surface area contributed by atoms with Crippen molar-refractivity contribution in [1.82, 2.24) is 9.80 Å². The lowest BCUT2D eigenvalue weighted by Gasteiger charge is -2.40. The molecular formula is C24H24N2S. The Hall–Kier alpha value is -2.49. The summed E-state index contributed by atoms with van der Waals surface area (Å²) in [7, 11) is 0. The smallest absolute Gasteiger partial charge is 0.109 e. The van der Waals surface area contributed by atoms with Crippen LogP contribution in [0.25, 0.3) is 0 Å². The lowest BCUT2D eigenvalue weighted by atomic mass is 9.96. The predicted octanol–water partition coefficient (Wildman–Crippen LogP) is 4.77. The topological polar surface area (TPSA) is 6.48 Å². The van der Waals surface area contributed by atoms with E-state index in [2.05, 4.69) is 94.7 Å². The fraction of sp³-hybridized carbons (Fsp3) is 0.208. The van der Waals surface area contributed by atoms with Gasteiger partial charge in [0.05, 0.1) is 6.04 Å². The van der Waals surface area contributed by atoms with Crippen LogP contribution in [-0.4, -0.2) is 41.0 Å². The van der Waals surface area contributed by atoms with Gasteiger partial charge in [0.1, 0.15) is 4.99 Å². The van der Waals surface area contributed by atoms with E-state index in [9.17, 15) is 0 Å². The van der Waals surface area contributed by atoms with Crippen LogP contribution in [-0.2, 0) is 0 Å². The lowest BCUT2D eigenvalue weighted by Crippen LogP contribution is -2.49. The van der Waals surface area contributed by atoms with Crippen molar-refractivity contribution in [3.8, 4) is 0 Å². The average molecular weight is 373 g/mol. The highest BCUT2D eigenvalue weighted by atomic mass is 32.1. The maximum absolute atomic E-state index is 5.74. The van der Waals surface area contributed by atoms with Crippen molar-refractivity contribution in [2.45, 2.75) is 6.04 Å². The van der Waals surface area contributed by atoms with Gasteiger partial charge in [0.25, 0.3) is 0 Å². The Morgan fingerprint density at radius 1 is 0.630 bits per heavy atom. The largest absolute Gasteiger partial charge is 0.360 e. The summed E-state index contributed by atoms with van der Waals surface area (Å²) in [5, 5.41) is 0. The second-order valence-corrected chi connectivity index (χ2v) is 7.30. The number of rotatable bonds is 4. The Labute approximate surface area is 167 Å². The summed E-state index contributed by atoms with van der Waals surface area (Å²) in [5.74, 6) is 0. The molecule has 0 aliphatic carbocycles. The Morgan fingerprint density at radius 3 is 1.56 bits per heavy atom. The van der Waals surface area contributed by atoms with Gasteiger partial charge in [0.2, 0.25) is 0 Å². The highest BCUT2D eigenvalue weighted by Crippen LogP contribution is 2.29. The van der Waals surface area contributed by atoms with E-state index >= 15 is 0 Å². The maximum atomic E-state index is 5.74. The summed E-state index contributed by atoms with van der Waals surface area (Å²) in [6.45, 7) is 3.93. The van der Waals surface area contributed by atoms with Gasteiger partial charge >= 0.3 is 0 Å². The third kappa shape index (κ3) is 4.10. The number of piperazine rings is 1. The van der Waals surface area contributed by atoms with E-state index in [1.54, 1.807) is 0 Å². The molecule has 1 aliphatic heterocycles. The van der Waals surface area contributed by atoms with E-state index in [0.29, 0.717) is 6.04 Å². The van der Waals surface area contributed by atoms with E-state index in [0.717, 1.165) is 36.7 Å². The fourth-order valence-electron chi connectivity index (χ4n) is 3.83. The van der Waals surface area contributed by atoms with Gasteiger partial charge < -0.3 is 4.90 Å². The quantitative estimate of drug-likeness (QED) is 0.609. The summed E-state index contributed by atoms with van der Waals surface area (Å²) in [6, 6.07) is 32.3. The zero-order chi connectivity index (χ0) is 18.5. The first-order valence-corrected chi connectivity index (χ1v) is 9.92. The van der Waals surface area contributed by atoms with Crippen LogP contribution in [0, 0.1) is 0 Å². The molecule has 0 saturated carbocycles. The van der Waals surface area contributed by atoms with E-state index < -0.39 is 0 Å². The Morgan fingerprint density at radius 2 is 1.07 bits per heavy atom. The molecule has 0 radical (unpaired) electrons. The van der Waals surface area contributed by atoms with Crippen molar-refractivity contribution in [2.24, 2.45) is 0 Å². The van der Waals surface area contributed by atoms with Gasteiger partial charge in [0.15, 0.2) is 0 Å². The molecule has 1 saturated heterocycles. The molecule has 0 N–H and O–H groups in total. The second kappa shape index (κ2) is 8.47. The second-order valence-electron chi connectivity index (χ2n) is 6.92. The minimum absolute atomic E-state index is 0.292. The monoisotopic (exact) mass is 372 g/mol. The summed E-state index contributed by atoms with van der Waals surface area (Å²) in [4.78, 5) is 5.88. The minimum Gasteiger partial charge on any atom is -0.360 e. The molecule has 0 atom stereocenters. The van der Waals surface area contributed by atoms with Crippen molar-refractivity contribution < 1.29 is 0 Å². The normalized spacial score (nSPS) is 15.1. The van der Waals surface area contributed by atoms with Crippen LogP contribution in [0.2, 0.25) is 0 Å². The number of thiocarbonyl (C=S) groups is 1. The van der Waals surface area contributed by atoms with Crippen molar-refractivity contribution in [3.63, 3.8) is 0 Å². The lowest BCUT2D eigenvalue weighted by molar-refractivity contribution is 0.152. The summed E-state index contributed by atoms with van der Waals surface area (Å²) < 4.78 is 0. The van der Waals surface area contributed by atoms with E-state index in [1.165, 1.54) is 11.1 Å². The van der Waals surface area contributed by atoms with Gasteiger partial charge in [-0.2, -0.15) is 0 Å². The molecule has 0 aromatic heterocycles. The first-order valence-electron chi connectivity index (χ1n) is 9.51. The number of benzene rings is 3. The fourth-order valence-corrected chi connectivity index (χ4v) is 4.15. The molecular weight excluding hydrogens is 348 g/mol. The Balaban J connectivity index is 1.51. The molecule has 1 aliphatic rings. The van der Waals surface area contributed by atoms with Gasteiger partial charge in [-0.25, -0.2) is 0 Å². The van der Waals surface area contributed by atoms with Crippen molar-refractivity contribution in [1.29, 1.82) is 0 Å². The Kier molecular flexibility index (Phi) is 5.61. The van der Waals surface area contributed by atoms with Crippen LogP contribution in [0.5, 0.6) is 0 Å². The molecule has 0 unspecified atom stereocenters. The predicted molar refractivity (Wildman–Crippen MR) is 116 cm³/mol. The highest BCUT2D eigenvalue weighted by Gasteiger charge is 2.27. The van der Waals surface area contributed by atoms with Gasteiger partial charge in [-0.1, -0.05) is 103 Å². The molecule has 3 heteroatoms. The molecule has 1 heterocycles. The zero-order valence-corrected chi connectivity index (χ0v) is 16.2. The summed E-state index contributed by atoms with van der Waals surface area (Å²) >= 11 is 5.74. The first kappa shape index (κ1) is 17.9. The molecule has 2 nitrogen and oxygen atoms in total. The molecule has 3 aromatic rings. The van der Waals surface area contributed by atoms with Crippen LogP contribution >= 0.6 is 12.2 Å². The van der Waals surface area contributed by atoms with Gasteiger partial charge in [-0.3, -0.25) is 4.90 Å².